The van der Waals surface area contributed by atoms with Crippen molar-refractivity contribution in [1.29, 1.82) is 0 Å². The molecule has 0 atom stereocenters. The van der Waals surface area contributed by atoms with Crippen molar-refractivity contribution >= 4 is 38.2 Å². The van der Waals surface area contributed by atoms with Gasteiger partial charge in [-0.1, -0.05) is 28.1 Å². The molecule has 2 aromatic heterocycles. The molecule has 0 aliphatic carbocycles. The second-order valence-electron chi connectivity index (χ2n) is 5.94. The van der Waals surface area contributed by atoms with Gasteiger partial charge in [-0.15, -0.1) is 0 Å². The van der Waals surface area contributed by atoms with Crippen LogP contribution in [-0.4, -0.2) is 36.4 Å². The Morgan fingerprint density at radius 2 is 1.78 bits per heavy atom. The van der Waals surface area contributed by atoms with Crippen LogP contribution in [0, 0.1) is 0 Å². The first-order valence-electron chi connectivity index (χ1n) is 8.41. The molecule has 0 amide bonds. The van der Waals surface area contributed by atoms with Crippen LogP contribution >= 0.6 is 15.9 Å². The molecule has 0 saturated carbocycles. The predicted molar refractivity (Wildman–Crippen MR) is 106 cm³/mol. The summed E-state index contributed by atoms with van der Waals surface area (Å²) in [6.07, 6.45) is 1.89. The van der Waals surface area contributed by atoms with Crippen molar-refractivity contribution in [2.75, 3.05) is 20.8 Å². The maximum atomic E-state index is 12.4. The molecule has 0 aliphatic rings. The Bertz CT molecular complexity index is 1130. The number of hydrogen-bond acceptors (Lipinski definition) is 5. The number of methoxy groups -OCH3 is 2. The molecule has 7 heteroatoms. The van der Waals surface area contributed by atoms with Gasteiger partial charge in [-0.05, 0) is 24.6 Å². The van der Waals surface area contributed by atoms with Crippen molar-refractivity contribution in [2.24, 2.45) is 0 Å². The van der Waals surface area contributed by atoms with Gasteiger partial charge in [0, 0.05) is 22.3 Å². The normalized spacial score (nSPS) is 11.3. The van der Waals surface area contributed by atoms with Gasteiger partial charge in [0.1, 0.15) is 11.5 Å². The first kappa shape index (κ1) is 17.6. The van der Waals surface area contributed by atoms with E-state index in [0.29, 0.717) is 16.9 Å². The highest BCUT2D eigenvalue weighted by Gasteiger charge is 2.27. The minimum atomic E-state index is -0.476. The summed E-state index contributed by atoms with van der Waals surface area (Å²) < 4.78 is 19.0. The topological polar surface area (TPSA) is 62.1 Å². The minimum Gasteiger partial charge on any atom is -0.496 e. The van der Waals surface area contributed by atoms with Crippen LogP contribution in [0.1, 0.15) is 17.4 Å². The summed E-state index contributed by atoms with van der Waals surface area (Å²) >= 11 is 3.46. The molecule has 0 saturated heterocycles. The highest BCUT2D eigenvalue weighted by molar-refractivity contribution is 9.10. The maximum absolute atomic E-state index is 12.4. The smallest absolute Gasteiger partial charge is 0.359 e. The summed E-state index contributed by atoms with van der Waals surface area (Å²) in [5.41, 5.74) is 2.99. The van der Waals surface area contributed by atoms with Gasteiger partial charge >= 0.3 is 5.97 Å². The first-order chi connectivity index (χ1) is 13.1. The Morgan fingerprint density at radius 3 is 2.41 bits per heavy atom. The van der Waals surface area contributed by atoms with E-state index in [9.17, 15) is 4.79 Å². The molecule has 2 aromatic carbocycles. The monoisotopic (exact) mass is 428 g/mol. The quantitative estimate of drug-likeness (QED) is 0.436. The van der Waals surface area contributed by atoms with Gasteiger partial charge in [-0.3, -0.25) is 0 Å². The van der Waals surface area contributed by atoms with Crippen LogP contribution in [0.25, 0.3) is 27.4 Å². The lowest BCUT2D eigenvalue weighted by molar-refractivity contribution is 0.0521. The van der Waals surface area contributed by atoms with Crippen molar-refractivity contribution in [2.45, 2.75) is 6.92 Å². The molecule has 27 heavy (non-hydrogen) atoms. The Hall–Kier alpha value is -2.80. The summed E-state index contributed by atoms with van der Waals surface area (Å²) in [5, 5.41) is 5.97. The van der Waals surface area contributed by atoms with Crippen LogP contribution in [0.5, 0.6) is 11.5 Å². The number of ether oxygens (including phenoxy) is 3. The highest BCUT2D eigenvalue weighted by Crippen LogP contribution is 2.44. The molecular weight excluding hydrogens is 412 g/mol. The zero-order chi connectivity index (χ0) is 19.1. The lowest BCUT2D eigenvalue weighted by Gasteiger charge is -2.10. The maximum Gasteiger partial charge on any atom is 0.359 e. The van der Waals surface area contributed by atoms with E-state index in [1.54, 1.807) is 31.7 Å². The summed E-state index contributed by atoms with van der Waals surface area (Å²) in [4.78, 5) is 12.4. The molecule has 0 aliphatic heterocycles. The van der Waals surface area contributed by atoms with Crippen LogP contribution in [-0.2, 0) is 4.74 Å². The Labute approximate surface area is 164 Å². The van der Waals surface area contributed by atoms with Crippen LogP contribution in [0.3, 0.4) is 0 Å². The number of nitrogens with zero attached hydrogens (tertiary/aromatic N) is 2. The van der Waals surface area contributed by atoms with Crippen LogP contribution in [0.2, 0.25) is 0 Å². The van der Waals surface area contributed by atoms with E-state index in [0.717, 1.165) is 26.5 Å². The van der Waals surface area contributed by atoms with E-state index >= 15 is 0 Å². The molecule has 4 rings (SSSR count). The third kappa shape index (κ3) is 2.70. The van der Waals surface area contributed by atoms with Gasteiger partial charge in [0.25, 0.3) is 0 Å². The standard InChI is InChI=1S/C20H17BrN2O4/c1-4-27-20(24)18-17-15(26-3)9-14(25-2)16-13(10-23(22-18)19(16)17)11-5-7-12(21)8-6-11/h5-10H,4H2,1-3H3. The Kier molecular flexibility index (Phi) is 4.39. The highest BCUT2D eigenvalue weighted by atomic mass is 79.9. The van der Waals surface area contributed by atoms with E-state index in [-0.39, 0.29) is 12.3 Å². The van der Waals surface area contributed by atoms with Gasteiger partial charge < -0.3 is 14.2 Å². The Balaban J connectivity index is 2.07. The molecular formula is C20H17BrN2O4. The first-order valence-corrected chi connectivity index (χ1v) is 9.20. The number of rotatable bonds is 5. The molecule has 6 nitrogen and oxygen atoms in total. The summed E-state index contributed by atoms with van der Waals surface area (Å²) in [5.74, 6) is 0.698. The number of esters is 1. The summed E-state index contributed by atoms with van der Waals surface area (Å²) in [6.45, 7) is 2.04. The fraction of sp³-hybridized carbons (Fsp3) is 0.200. The van der Waals surface area contributed by atoms with Crippen LogP contribution in [0.15, 0.2) is 41.0 Å². The van der Waals surface area contributed by atoms with Gasteiger partial charge in [0.05, 0.1) is 37.1 Å². The third-order valence-corrected chi connectivity index (χ3v) is 5.02. The number of carbonyl (C=O) groups excluding carboxylic acids is 1. The van der Waals surface area contributed by atoms with Crippen LogP contribution in [0.4, 0.5) is 0 Å². The zero-order valence-electron chi connectivity index (χ0n) is 15.1. The molecule has 0 N–H and O–H groups in total. The molecule has 0 bridgehead atoms. The second kappa shape index (κ2) is 6.74. The fourth-order valence-electron chi connectivity index (χ4n) is 3.34. The molecule has 2 heterocycles. The Morgan fingerprint density at radius 1 is 1.11 bits per heavy atom. The lowest BCUT2D eigenvalue weighted by Crippen LogP contribution is -2.06. The van der Waals surface area contributed by atoms with Crippen molar-refractivity contribution in [3.63, 3.8) is 0 Å². The molecule has 0 fully saturated rings. The van der Waals surface area contributed by atoms with E-state index in [1.807, 2.05) is 30.5 Å². The largest absolute Gasteiger partial charge is 0.496 e. The molecule has 138 valence electrons. The van der Waals surface area contributed by atoms with E-state index in [2.05, 4.69) is 21.0 Å². The zero-order valence-corrected chi connectivity index (χ0v) is 16.7. The average molecular weight is 429 g/mol. The van der Waals surface area contributed by atoms with Gasteiger partial charge in [0.15, 0.2) is 5.69 Å². The number of hydrogen-bond donors (Lipinski definition) is 0. The van der Waals surface area contributed by atoms with Gasteiger partial charge in [-0.2, -0.15) is 5.10 Å². The lowest BCUT2D eigenvalue weighted by atomic mass is 10.0. The summed E-state index contributed by atoms with van der Waals surface area (Å²) in [7, 11) is 3.17. The van der Waals surface area contributed by atoms with Crippen LogP contribution < -0.4 is 9.47 Å². The number of carbonyl (C=O) groups is 1. The molecule has 0 radical (unpaired) electrons. The number of benzene rings is 2. The molecule has 4 aromatic rings. The third-order valence-electron chi connectivity index (χ3n) is 4.49. The molecule has 0 spiro atoms. The predicted octanol–water partition coefficient (Wildman–Crippen LogP) is 4.55. The van der Waals surface area contributed by atoms with Crippen molar-refractivity contribution < 1.29 is 19.0 Å². The van der Waals surface area contributed by atoms with E-state index in [4.69, 9.17) is 14.2 Å². The molecule has 0 unspecified atom stereocenters. The van der Waals surface area contributed by atoms with E-state index in [1.165, 1.54) is 0 Å². The van der Waals surface area contributed by atoms with Crippen molar-refractivity contribution in [3.8, 4) is 22.6 Å². The summed E-state index contributed by atoms with van der Waals surface area (Å²) in [6, 6.07) is 9.78. The van der Waals surface area contributed by atoms with Gasteiger partial charge in [0.2, 0.25) is 0 Å². The second-order valence-corrected chi connectivity index (χ2v) is 6.86. The number of aromatic nitrogens is 2. The van der Waals surface area contributed by atoms with Crippen molar-refractivity contribution in [1.82, 2.24) is 9.61 Å². The van der Waals surface area contributed by atoms with Crippen molar-refractivity contribution in [3.05, 3.63) is 46.7 Å². The number of halogens is 1. The minimum absolute atomic E-state index is 0.235. The fourth-order valence-corrected chi connectivity index (χ4v) is 3.60. The SMILES string of the molecule is CCOC(=O)c1nn2cc(-c3ccc(Br)cc3)c3c(OC)cc(OC)c1c32. The van der Waals surface area contributed by atoms with E-state index < -0.39 is 5.97 Å². The van der Waals surface area contributed by atoms with Gasteiger partial charge in [-0.25, -0.2) is 9.31 Å². The average Bonchev–Trinajstić information content (AvgIpc) is 3.23.